The summed E-state index contributed by atoms with van der Waals surface area (Å²) in [6, 6.07) is 4.36. The van der Waals surface area contributed by atoms with E-state index in [0.29, 0.717) is 6.54 Å². The zero-order chi connectivity index (χ0) is 17.1. The summed E-state index contributed by atoms with van der Waals surface area (Å²) in [7, 11) is 0. The van der Waals surface area contributed by atoms with E-state index < -0.39 is 0 Å². The molecule has 0 bridgehead atoms. The molecule has 0 fully saturated rings. The lowest BCUT2D eigenvalue weighted by atomic mass is 9.79. The fourth-order valence-corrected chi connectivity index (χ4v) is 3.53. The Hall–Kier alpha value is -1.07. The highest BCUT2D eigenvalue weighted by Crippen LogP contribution is 2.29. The zero-order valence-electron chi connectivity index (χ0n) is 15.1. The van der Waals surface area contributed by atoms with Crippen molar-refractivity contribution in [1.29, 1.82) is 0 Å². The van der Waals surface area contributed by atoms with Crippen molar-refractivity contribution in [1.82, 2.24) is 10.6 Å². The van der Waals surface area contributed by atoms with Crippen LogP contribution in [0.2, 0.25) is 0 Å². The van der Waals surface area contributed by atoms with Gasteiger partial charge in [-0.25, -0.2) is 4.99 Å². The minimum absolute atomic E-state index is 0.142. The van der Waals surface area contributed by atoms with Crippen molar-refractivity contribution in [2.45, 2.75) is 59.9 Å². The van der Waals surface area contributed by atoms with Gasteiger partial charge in [0.2, 0.25) is 0 Å². The number of aryl methyl sites for hydroxylation is 1. The van der Waals surface area contributed by atoms with Gasteiger partial charge in [-0.2, -0.15) is 0 Å². The molecule has 23 heavy (non-hydrogen) atoms. The van der Waals surface area contributed by atoms with Gasteiger partial charge < -0.3 is 15.7 Å². The minimum atomic E-state index is 0.142. The molecule has 0 aliphatic rings. The SMILES string of the molecule is CCNC(=NCc1ccc(CC)s1)NCC(CC)(CC)CCO. The van der Waals surface area contributed by atoms with Crippen LogP contribution in [0.3, 0.4) is 0 Å². The molecule has 0 saturated carbocycles. The van der Waals surface area contributed by atoms with Gasteiger partial charge in [0.1, 0.15) is 0 Å². The molecule has 0 radical (unpaired) electrons. The van der Waals surface area contributed by atoms with E-state index in [0.717, 1.165) is 44.7 Å². The molecule has 0 saturated heterocycles. The predicted octanol–water partition coefficient (Wildman–Crippen LogP) is 3.55. The van der Waals surface area contributed by atoms with E-state index in [4.69, 9.17) is 4.99 Å². The Labute approximate surface area is 145 Å². The van der Waals surface area contributed by atoms with Crippen LogP contribution in [0, 0.1) is 5.41 Å². The molecule has 1 aromatic heterocycles. The van der Waals surface area contributed by atoms with E-state index in [9.17, 15) is 5.11 Å². The molecule has 1 heterocycles. The van der Waals surface area contributed by atoms with Crippen molar-refractivity contribution in [2.24, 2.45) is 10.4 Å². The number of nitrogens with one attached hydrogen (secondary N) is 2. The number of hydrogen-bond donors (Lipinski definition) is 3. The van der Waals surface area contributed by atoms with E-state index >= 15 is 0 Å². The van der Waals surface area contributed by atoms with Crippen LogP contribution in [-0.4, -0.2) is 30.8 Å². The number of aliphatic imine (C=N–C) groups is 1. The largest absolute Gasteiger partial charge is 0.396 e. The lowest BCUT2D eigenvalue weighted by Crippen LogP contribution is -2.43. The van der Waals surface area contributed by atoms with Gasteiger partial charge in [-0.3, -0.25) is 0 Å². The first kappa shape index (κ1) is 20.0. The Morgan fingerprint density at radius 3 is 2.35 bits per heavy atom. The summed E-state index contributed by atoms with van der Waals surface area (Å²) in [5.74, 6) is 0.864. The number of rotatable bonds is 10. The van der Waals surface area contributed by atoms with E-state index in [2.05, 4.69) is 50.5 Å². The Balaban J connectivity index is 2.67. The van der Waals surface area contributed by atoms with E-state index in [1.165, 1.54) is 9.75 Å². The topological polar surface area (TPSA) is 56.7 Å². The van der Waals surface area contributed by atoms with Crippen molar-refractivity contribution >= 4 is 17.3 Å². The monoisotopic (exact) mass is 339 g/mol. The van der Waals surface area contributed by atoms with E-state index in [1.807, 2.05) is 11.3 Å². The highest BCUT2D eigenvalue weighted by Gasteiger charge is 2.25. The first-order chi connectivity index (χ1) is 11.1. The maximum Gasteiger partial charge on any atom is 0.191 e. The lowest BCUT2D eigenvalue weighted by Gasteiger charge is -2.32. The molecule has 0 spiro atoms. The number of thiophene rings is 1. The zero-order valence-corrected chi connectivity index (χ0v) is 15.9. The normalized spacial score (nSPS) is 12.5. The third kappa shape index (κ3) is 6.51. The predicted molar refractivity (Wildman–Crippen MR) is 101 cm³/mol. The fourth-order valence-electron chi connectivity index (χ4n) is 2.65. The molecule has 0 aromatic carbocycles. The lowest BCUT2D eigenvalue weighted by molar-refractivity contribution is 0.169. The number of nitrogens with zero attached hydrogens (tertiary/aromatic N) is 1. The summed E-state index contributed by atoms with van der Waals surface area (Å²) in [4.78, 5) is 7.41. The molecule has 0 unspecified atom stereocenters. The first-order valence-electron chi connectivity index (χ1n) is 8.83. The maximum absolute atomic E-state index is 9.34. The van der Waals surface area contributed by atoms with Crippen LogP contribution >= 0.6 is 11.3 Å². The molecule has 5 heteroatoms. The van der Waals surface area contributed by atoms with Crippen LogP contribution in [0.1, 0.15) is 56.7 Å². The molecule has 0 atom stereocenters. The summed E-state index contributed by atoms with van der Waals surface area (Å²) >= 11 is 1.84. The molecule has 3 N–H and O–H groups in total. The molecule has 1 aromatic rings. The number of hydrogen-bond acceptors (Lipinski definition) is 3. The highest BCUT2D eigenvalue weighted by atomic mass is 32.1. The average molecular weight is 340 g/mol. The Morgan fingerprint density at radius 2 is 1.83 bits per heavy atom. The summed E-state index contributed by atoms with van der Waals surface area (Å²) < 4.78 is 0. The molecular formula is C18H33N3OS. The Kier molecular flexibility index (Phi) is 9.26. The second kappa shape index (κ2) is 10.7. The average Bonchev–Trinajstić information content (AvgIpc) is 3.04. The third-order valence-corrected chi connectivity index (χ3v) is 5.79. The van der Waals surface area contributed by atoms with Crippen molar-refractivity contribution in [3.8, 4) is 0 Å². The minimum Gasteiger partial charge on any atom is -0.396 e. The molecule has 132 valence electrons. The smallest absolute Gasteiger partial charge is 0.191 e. The van der Waals surface area contributed by atoms with Gasteiger partial charge in [0.25, 0.3) is 0 Å². The fraction of sp³-hybridized carbons (Fsp3) is 0.722. The first-order valence-corrected chi connectivity index (χ1v) is 9.65. The van der Waals surface area contributed by atoms with Crippen LogP contribution in [0.5, 0.6) is 0 Å². The number of guanidine groups is 1. The number of aliphatic hydroxyl groups excluding tert-OH is 1. The van der Waals surface area contributed by atoms with Gasteiger partial charge in [-0.05, 0) is 50.2 Å². The Morgan fingerprint density at radius 1 is 1.13 bits per heavy atom. The number of aliphatic hydroxyl groups is 1. The maximum atomic E-state index is 9.34. The van der Waals surface area contributed by atoms with Gasteiger partial charge in [0.15, 0.2) is 5.96 Å². The summed E-state index contributed by atoms with van der Waals surface area (Å²) in [5, 5.41) is 16.1. The summed E-state index contributed by atoms with van der Waals surface area (Å²) in [5.41, 5.74) is 0.142. The van der Waals surface area contributed by atoms with E-state index in [1.54, 1.807) is 0 Å². The standard InChI is InChI=1S/C18H33N3OS/c1-5-15-9-10-16(23-15)13-20-17(19-8-4)21-14-18(6-2,7-3)11-12-22/h9-10,22H,5-8,11-14H2,1-4H3,(H2,19,20,21). The summed E-state index contributed by atoms with van der Waals surface area (Å²) in [6.07, 6.45) is 4.03. The van der Waals surface area contributed by atoms with Gasteiger partial charge in [-0.1, -0.05) is 20.8 Å². The third-order valence-electron chi connectivity index (χ3n) is 4.58. The quantitative estimate of drug-likeness (QED) is 0.451. The van der Waals surface area contributed by atoms with Gasteiger partial charge in [-0.15, -0.1) is 11.3 Å². The molecular weight excluding hydrogens is 306 g/mol. The highest BCUT2D eigenvalue weighted by molar-refractivity contribution is 7.11. The van der Waals surface area contributed by atoms with Crippen molar-refractivity contribution in [2.75, 3.05) is 19.7 Å². The van der Waals surface area contributed by atoms with Crippen LogP contribution < -0.4 is 10.6 Å². The van der Waals surface area contributed by atoms with Gasteiger partial charge in [0.05, 0.1) is 6.54 Å². The molecule has 0 amide bonds. The molecule has 1 rings (SSSR count). The summed E-state index contributed by atoms with van der Waals surface area (Å²) in [6.45, 7) is 11.3. The van der Waals surface area contributed by atoms with Crippen molar-refractivity contribution in [3.05, 3.63) is 21.9 Å². The van der Waals surface area contributed by atoms with Crippen LogP contribution in [0.4, 0.5) is 0 Å². The van der Waals surface area contributed by atoms with Crippen molar-refractivity contribution < 1.29 is 5.11 Å². The van der Waals surface area contributed by atoms with Crippen molar-refractivity contribution in [3.63, 3.8) is 0 Å². The van der Waals surface area contributed by atoms with Gasteiger partial charge in [0, 0.05) is 29.5 Å². The molecule has 4 nitrogen and oxygen atoms in total. The second-order valence-electron chi connectivity index (χ2n) is 5.95. The Bertz CT molecular complexity index is 467. The second-order valence-corrected chi connectivity index (χ2v) is 7.20. The van der Waals surface area contributed by atoms with Crippen LogP contribution in [0.25, 0.3) is 0 Å². The molecule has 0 aliphatic heterocycles. The van der Waals surface area contributed by atoms with Crippen LogP contribution in [-0.2, 0) is 13.0 Å². The molecule has 0 aliphatic carbocycles. The van der Waals surface area contributed by atoms with E-state index in [-0.39, 0.29) is 12.0 Å². The van der Waals surface area contributed by atoms with Crippen LogP contribution in [0.15, 0.2) is 17.1 Å². The van der Waals surface area contributed by atoms with Gasteiger partial charge >= 0.3 is 0 Å².